The monoisotopic (exact) mass is 505 g/mol. The number of anilines is 1. The van der Waals surface area contributed by atoms with Crippen LogP contribution in [0.5, 0.6) is 0 Å². The number of hydrogen-bond donors (Lipinski definition) is 1. The minimum Gasteiger partial charge on any atom is -0.337 e. The zero-order valence-electron chi connectivity index (χ0n) is 21.2. The van der Waals surface area contributed by atoms with Crippen molar-refractivity contribution < 1.29 is 9.59 Å². The van der Waals surface area contributed by atoms with Gasteiger partial charge in [-0.3, -0.25) is 14.9 Å². The summed E-state index contributed by atoms with van der Waals surface area (Å²) >= 11 is 1.83. The molecule has 2 amide bonds. The Bertz CT molecular complexity index is 1210. The van der Waals surface area contributed by atoms with Gasteiger partial charge in [0, 0.05) is 37.5 Å². The molecule has 1 aliphatic heterocycles. The molecule has 7 nitrogen and oxygen atoms in total. The molecule has 1 aliphatic rings. The van der Waals surface area contributed by atoms with Crippen molar-refractivity contribution in [3.05, 3.63) is 72.3 Å². The second kappa shape index (κ2) is 12.2. The number of fused-ring (bicyclic) bond motifs is 1. The lowest BCUT2D eigenvalue weighted by atomic mass is 10.1. The SMILES string of the molecule is C=CC(=O)N1CCCCC(n2c(NC(=O)c3ccccc3)nc3cccc(CN(C)CCSC)c32)C1. The smallest absolute Gasteiger partial charge is 0.257 e. The molecule has 1 atom stereocenters. The van der Waals surface area contributed by atoms with E-state index in [1.807, 2.05) is 47.0 Å². The normalized spacial score (nSPS) is 16.2. The van der Waals surface area contributed by atoms with Gasteiger partial charge in [0.05, 0.1) is 17.1 Å². The van der Waals surface area contributed by atoms with Gasteiger partial charge in [-0.1, -0.05) is 36.9 Å². The van der Waals surface area contributed by atoms with E-state index in [4.69, 9.17) is 4.98 Å². The molecule has 2 aromatic carbocycles. The molecule has 0 spiro atoms. The van der Waals surface area contributed by atoms with Gasteiger partial charge in [0.25, 0.3) is 5.91 Å². The third kappa shape index (κ3) is 5.99. The molecule has 3 aromatic rings. The zero-order valence-corrected chi connectivity index (χ0v) is 22.0. The van der Waals surface area contributed by atoms with Crippen LogP contribution in [0.4, 0.5) is 5.95 Å². The van der Waals surface area contributed by atoms with Crippen LogP contribution in [0, 0.1) is 0 Å². The van der Waals surface area contributed by atoms with Gasteiger partial charge in [-0.25, -0.2) is 4.98 Å². The van der Waals surface area contributed by atoms with Crippen LogP contribution in [-0.4, -0.2) is 69.9 Å². The summed E-state index contributed by atoms with van der Waals surface area (Å²) in [6.45, 7) is 6.72. The Labute approximate surface area is 217 Å². The molecule has 1 unspecified atom stereocenters. The zero-order chi connectivity index (χ0) is 25.5. The van der Waals surface area contributed by atoms with Gasteiger partial charge < -0.3 is 14.4 Å². The highest BCUT2D eigenvalue weighted by Crippen LogP contribution is 2.33. The lowest BCUT2D eigenvalue weighted by Crippen LogP contribution is -2.34. The second-order valence-corrected chi connectivity index (χ2v) is 10.3. The minimum absolute atomic E-state index is 0.00914. The summed E-state index contributed by atoms with van der Waals surface area (Å²) in [6.07, 6.45) is 6.34. The largest absolute Gasteiger partial charge is 0.337 e. The van der Waals surface area contributed by atoms with Crippen molar-refractivity contribution in [2.45, 2.75) is 31.8 Å². The molecule has 2 heterocycles. The molecular weight excluding hydrogens is 470 g/mol. The van der Waals surface area contributed by atoms with Crippen molar-refractivity contribution in [2.75, 3.05) is 44.0 Å². The average molecular weight is 506 g/mol. The first-order valence-corrected chi connectivity index (χ1v) is 13.9. The van der Waals surface area contributed by atoms with E-state index in [2.05, 4.69) is 40.7 Å². The maximum absolute atomic E-state index is 13.1. The third-order valence-electron chi connectivity index (χ3n) is 6.67. The van der Waals surface area contributed by atoms with Crippen LogP contribution < -0.4 is 5.32 Å². The number of imidazole rings is 1. The molecule has 8 heteroatoms. The van der Waals surface area contributed by atoms with Crippen molar-refractivity contribution in [3.8, 4) is 0 Å². The summed E-state index contributed by atoms with van der Waals surface area (Å²) in [5.41, 5.74) is 3.61. The first-order valence-electron chi connectivity index (χ1n) is 12.5. The summed E-state index contributed by atoms with van der Waals surface area (Å²) < 4.78 is 2.17. The van der Waals surface area contributed by atoms with Crippen molar-refractivity contribution in [3.63, 3.8) is 0 Å². The van der Waals surface area contributed by atoms with Gasteiger partial charge in [0.15, 0.2) is 0 Å². The molecule has 1 fully saturated rings. The fourth-order valence-electron chi connectivity index (χ4n) is 4.83. The average Bonchev–Trinajstić information content (AvgIpc) is 3.09. The molecule has 1 saturated heterocycles. The van der Waals surface area contributed by atoms with E-state index in [0.717, 1.165) is 54.7 Å². The number of hydrogen-bond acceptors (Lipinski definition) is 5. The fourth-order valence-corrected chi connectivity index (χ4v) is 5.33. The molecule has 0 aliphatic carbocycles. The Hall–Kier alpha value is -3.10. The molecule has 190 valence electrons. The molecule has 0 radical (unpaired) electrons. The van der Waals surface area contributed by atoms with Crippen LogP contribution in [0.2, 0.25) is 0 Å². The lowest BCUT2D eigenvalue weighted by Gasteiger charge is -2.27. The van der Waals surface area contributed by atoms with Gasteiger partial charge in [0.2, 0.25) is 11.9 Å². The van der Waals surface area contributed by atoms with Crippen molar-refractivity contribution in [2.24, 2.45) is 0 Å². The van der Waals surface area contributed by atoms with Gasteiger partial charge in [-0.05, 0) is 62.4 Å². The molecule has 0 bridgehead atoms. The Kier molecular flexibility index (Phi) is 8.83. The molecule has 4 rings (SSSR count). The first kappa shape index (κ1) is 26.0. The first-order chi connectivity index (χ1) is 17.5. The molecule has 1 aromatic heterocycles. The van der Waals surface area contributed by atoms with E-state index < -0.39 is 0 Å². The second-order valence-electron chi connectivity index (χ2n) is 9.28. The number of para-hydroxylation sites is 1. The number of carbonyl (C=O) groups is 2. The highest BCUT2D eigenvalue weighted by atomic mass is 32.2. The van der Waals surface area contributed by atoms with Crippen LogP contribution in [0.15, 0.2) is 61.2 Å². The number of carbonyl (C=O) groups excluding carboxylic acids is 2. The highest BCUT2D eigenvalue weighted by Gasteiger charge is 2.27. The lowest BCUT2D eigenvalue weighted by molar-refractivity contribution is -0.126. The minimum atomic E-state index is -0.196. The maximum Gasteiger partial charge on any atom is 0.257 e. The predicted octanol–water partition coefficient (Wildman–Crippen LogP) is 4.82. The van der Waals surface area contributed by atoms with Crippen molar-refractivity contribution in [1.82, 2.24) is 19.4 Å². The number of nitrogens with one attached hydrogen (secondary N) is 1. The molecule has 0 saturated carbocycles. The summed E-state index contributed by atoms with van der Waals surface area (Å²) in [5, 5.41) is 3.08. The fraction of sp³-hybridized carbons (Fsp3) is 0.393. The van der Waals surface area contributed by atoms with E-state index in [0.29, 0.717) is 24.6 Å². The van der Waals surface area contributed by atoms with Gasteiger partial charge >= 0.3 is 0 Å². The number of rotatable bonds is 9. The van der Waals surface area contributed by atoms with Crippen LogP contribution in [0.1, 0.15) is 41.2 Å². The predicted molar refractivity (Wildman–Crippen MR) is 149 cm³/mol. The Morgan fingerprint density at radius 3 is 2.75 bits per heavy atom. The third-order valence-corrected chi connectivity index (χ3v) is 7.26. The van der Waals surface area contributed by atoms with Crippen molar-refractivity contribution >= 4 is 40.6 Å². The summed E-state index contributed by atoms with van der Waals surface area (Å²) in [6, 6.07) is 15.3. The summed E-state index contributed by atoms with van der Waals surface area (Å²) in [5.74, 6) is 1.33. The van der Waals surface area contributed by atoms with Crippen LogP contribution in [-0.2, 0) is 11.3 Å². The molecule has 1 N–H and O–H groups in total. The van der Waals surface area contributed by atoms with Crippen LogP contribution >= 0.6 is 11.8 Å². The van der Waals surface area contributed by atoms with Gasteiger partial charge in [-0.15, -0.1) is 0 Å². The number of thioether (sulfide) groups is 1. The van der Waals surface area contributed by atoms with Crippen molar-refractivity contribution in [1.29, 1.82) is 0 Å². The number of likely N-dealkylation sites (tertiary alicyclic amines) is 1. The number of nitrogens with zero attached hydrogens (tertiary/aromatic N) is 4. The van der Waals surface area contributed by atoms with E-state index in [1.54, 1.807) is 12.1 Å². The quantitative estimate of drug-likeness (QED) is 0.422. The number of amides is 2. The topological polar surface area (TPSA) is 70.5 Å². The Balaban J connectivity index is 1.78. The molecular formula is C28H35N5O2S. The number of benzene rings is 2. The number of aromatic nitrogens is 2. The maximum atomic E-state index is 13.1. The summed E-state index contributed by atoms with van der Waals surface area (Å²) in [7, 11) is 2.13. The Morgan fingerprint density at radius 2 is 2.00 bits per heavy atom. The Morgan fingerprint density at radius 1 is 1.19 bits per heavy atom. The van der Waals surface area contributed by atoms with E-state index in [1.165, 1.54) is 6.08 Å². The standard InChI is InChI=1S/C28H35N5O2S/c1-4-25(34)32-16-9-8-14-23(20-32)33-26-22(19-31(2)17-18-36-3)13-10-15-24(26)29-28(33)30-27(35)21-11-6-5-7-12-21/h4-7,10-13,15,23H,1,8-9,14,16-20H2,2-3H3,(H,29,30,35). The van der Waals surface area contributed by atoms with E-state index in [9.17, 15) is 9.59 Å². The van der Waals surface area contributed by atoms with Crippen LogP contribution in [0.3, 0.4) is 0 Å². The van der Waals surface area contributed by atoms with Gasteiger partial charge in [0.1, 0.15) is 0 Å². The summed E-state index contributed by atoms with van der Waals surface area (Å²) in [4.78, 5) is 34.8. The van der Waals surface area contributed by atoms with Crippen LogP contribution in [0.25, 0.3) is 11.0 Å². The van der Waals surface area contributed by atoms with E-state index in [-0.39, 0.29) is 17.9 Å². The highest BCUT2D eigenvalue weighted by molar-refractivity contribution is 7.98. The van der Waals surface area contributed by atoms with E-state index >= 15 is 0 Å². The van der Waals surface area contributed by atoms with Gasteiger partial charge in [-0.2, -0.15) is 11.8 Å². The molecule has 36 heavy (non-hydrogen) atoms.